The first-order valence-electron chi connectivity index (χ1n) is 6.84. The number of hydrogen-bond acceptors (Lipinski definition) is 6. The van der Waals surface area contributed by atoms with Crippen molar-refractivity contribution in [3.8, 4) is 5.75 Å². The summed E-state index contributed by atoms with van der Waals surface area (Å²) in [6.07, 6.45) is 3.37. The molecule has 22 heavy (non-hydrogen) atoms. The zero-order chi connectivity index (χ0) is 15.6. The van der Waals surface area contributed by atoms with E-state index in [-0.39, 0.29) is 11.0 Å². The average molecular weight is 320 g/mol. The van der Waals surface area contributed by atoms with Crippen LogP contribution in [-0.2, 0) is 10.0 Å². The minimum absolute atomic E-state index is 0.0592. The third-order valence-electron chi connectivity index (χ3n) is 3.42. The third-order valence-corrected chi connectivity index (χ3v) is 4.28. The first kappa shape index (κ1) is 14.7. The van der Waals surface area contributed by atoms with Gasteiger partial charge in [-0.1, -0.05) is 18.2 Å². The Bertz CT molecular complexity index is 734. The molecule has 0 saturated carbocycles. The van der Waals surface area contributed by atoms with Crippen molar-refractivity contribution in [2.75, 3.05) is 18.0 Å². The van der Waals surface area contributed by atoms with E-state index >= 15 is 0 Å². The molecule has 1 aromatic heterocycles. The van der Waals surface area contributed by atoms with Gasteiger partial charge in [-0.25, -0.2) is 23.5 Å². The standard InChI is InChI=1S/C14H16N4O3S/c15-22(19,20)13-8-16-14(17-9-13)18-7-6-12(10-18)21-11-4-2-1-3-5-11/h1-5,8-9,12H,6-7,10H2,(H2,15,19,20)/t12-/m0/s1. The molecule has 1 fully saturated rings. The van der Waals surface area contributed by atoms with E-state index in [0.717, 1.165) is 18.7 Å². The van der Waals surface area contributed by atoms with Crippen molar-refractivity contribution in [1.29, 1.82) is 0 Å². The van der Waals surface area contributed by atoms with Crippen molar-refractivity contribution in [3.05, 3.63) is 42.7 Å². The summed E-state index contributed by atoms with van der Waals surface area (Å²) in [6.45, 7) is 1.41. The fourth-order valence-electron chi connectivity index (χ4n) is 2.32. The Hall–Kier alpha value is -2.19. The predicted molar refractivity (Wildman–Crippen MR) is 81.1 cm³/mol. The monoisotopic (exact) mass is 320 g/mol. The van der Waals surface area contributed by atoms with E-state index in [1.165, 1.54) is 12.4 Å². The van der Waals surface area contributed by atoms with Crippen molar-refractivity contribution in [1.82, 2.24) is 9.97 Å². The number of hydrogen-bond donors (Lipinski definition) is 1. The molecule has 116 valence electrons. The molecule has 0 radical (unpaired) electrons. The van der Waals surface area contributed by atoms with Crippen LogP contribution in [0.5, 0.6) is 5.75 Å². The lowest BCUT2D eigenvalue weighted by atomic mass is 10.3. The average Bonchev–Trinajstić information content (AvgIpc) is 2.96. The molecule has 0 amide bonds. The van der Waals surface area contributed by atoms with Gasteiger partial charge in [0.05, 0.1) is 18.9 Å². The Balaban J connectivity index is 1.65. The van der Waals surface area contributed by atoms with Gasteiger partial charge in [-0.2, -0.15) is 0 Å². The van der Waals surface area contributed by atoms with Gasteiger partial charge in [0.15, 0.2) is 0 Å². The molecule has 0 bridgehead atoms. The van der Waals surface area contributed by atoms with Crippen LogP contribution in [0.2, 0.25) is 0 Å². The summed E-state index contributed by atoms with van der Waals surface area (Å²) >= 11 is 0. The second-order valence-electron chi connectivity index (χ2n) is 5.05. The first-order valence-corrected chi connectivity index (χ1v) is 8.38. The first-order chi connectivity index (χ1) is 10.5. The molecule has 1 atom stereocenters. The van der Waals surface area contributed by atoms with Gasteiger partial charge in [0.1, 0.15) is 16.7 Å². The van der Waals surface area contributed by atoms with Gasteiger partial charge in [0, 0.05) is 13.0 Å². The number of nitrogens with two attached hydrogens (primary N) is 1. The number of primary sulfonamides is 1. The van der Waals surface area contributed by atoms with Crippen molar-refractivity contribution in [2.45, 2.75) is 17.4 Å². The Morgan fingerprint density at radius 2 is 1.86 bits per heavy atom. The molecule has 8 heteroatoms. The van der Waals surface area contributed by atoms with Crippen molar-refractivity contribution in [2.24, 2.45) is 5.14 Å². The summed E-state index contributed by atoms with van der Waals surface area (Å²) in [5, 5.41) is 5.03. The van der Waals surface area contributed by atoms with Crippen LogP contribution in [0.3, 0.4) is 0 Å². The molecule has 0 spiro atoms. The number of sulfonamides is 1. The van der Waals surface area contributed by atoms with Gasteiger partial charge in [0.25, 0.3) is 0 Å². The molecule has 7 nitrogen and oxygen atoms in total. The minimum Gasteiger partial charge on any atom is -0.489 e. The van der Waals surface area contributed by atoms with E-state index in [4.69, 9.17) is 9.88 Å². The molecule has 2 aromatic rings. The van der Waals surface area contributed by atoms with Crippen molar-refractivity contribution < 1.29 is 13.2 Å². The lowest BCUT2D eigenvalue weighted by Gasteiger charge is -2.17. The summed E-state index contributed by atoms with van der Waals surface area (Å²) in [5.41, 5.74) is 0. The van der Waals surface area contributed by atoms with Crippen LogP contribution in [-0.4, -0.2) is 37.6 Å². The molecule has 1 saturated heterocycles. The van der Waals surface area contributed by atoms with Crippen LogP contribution in [0.25, 0.3) is 0 Å². The van der Waals surface area contributed by atoms with Crippen LogP contribution in [0, 0.1) is 0 Å². The van der Waals surface area contributed by atoms with Gasteiger partial charge in [-0.3, -0.25) is 0 Å². The largest absolute Gasteiger partial charge is 0.489 e. The molecule has 0 unspecified atom stereocenters. The summed E-state index contributed by atoms with van der Waals surface area (Å²) in [4.78, 5) is 10.0. The molecule has 2 heterocycles. The highest BCUT2D eigenvalue weighted by molar-refractivity contribution is 7.89. The maximum Gasteiger partial charge on any atom is 0.241 e. The zero-order valence-corrected chi connectivity index (χ0v) is 12.6. The number of rotatable bonds is 4. The summed E-state index contributed by atoms with van der Waals surface area (Å²) in [7, 11) is -3.76. The van der Waals surface area contributed by atoms with E-state index in [1.807, 2.05) is 35.2 Å². The minimum atomic E-state index is -3.76. The fraction of sp³-hybridized carbons (Fsp3) is 0.286. The molecule has 2 N–H and O–H groups in total. The highest BCUT2D eigenvalue weighted by atomic mass is 32.2. The Kier molecular flexibility index (Phi) is 3.95. The number of aromatic nitrogens is 2. The van der Waals surface area contributed by atoms with E-state index in [9.17, 15) is 8.42 Å². The van der Waals surface area contributed by atoms with E-state index in [0.29, 0.717) is 12.5 Å². The van der Waals surface area contributed by atoms with Gasteiger partial charge in [0.2, 0.25) is 16.0 Å². The second kappa shape index (κ2) is 5.90. The molecular weight excluding hydrogens is 304 g/mol. The van der Waals surface area contributed by atoms with E-state index < -0.39 is 10.0 Å². The molecule has 1 aliphatic heterocycles. The van der Waals surface area contributed by atoms with Crippen molar-refractivity contribution >= 4 is 16.0 Å². The summed E-state index contributed by atoms with van der Waals surface area (Å²) in [5.74, 6) is 1.31. The summed E-state index contributed by atoms with van der Waals surface area (Å²) in [6, 6.07) is 9.63. The smallest absolute Gasteiger partial charge is 0.241 e. The Labute approximate surface area is 128 Å². The number of nitrogens with zero attached hydrogens (tertiary/aromatic N) is 3. The van der Waals surface area contributed by atoms with Gasteiger partial charge >= 0.3 is 0 Å². The lowest BCUT2D eigenvalue weighted by Crippen LogP contribution is -2.26. The van der Waals surface area contributed by atoms with E-state index in [2.05, 4.69) is 9.97 Å². The van der Waals surface area contributed by atoms with Crippen LogP contribution in [0.4, 0.5) is 5.95 Å². The van der Waals surface area contributed by atoms with Crippen LogP contribution in [0.15, 0.2) is 47.6 Å². The number of benzene rings is 1. The normalized spacial score (nSPS) is 18.4. The Morgan fingerprint density at radius 3 is 2.50 bits per heavy atom. The van der Waals surface area contributed by atoms with Crippen LogP contribution >= 0.6 is 0 Å². The SMILES string of the molecule is NS(=O)(=O)c1cnc(N2CC[C@H](Oc3ccccc3)C2)nc1. The molecular formula is C14H16N4O3S. The summed E-state index contributed by atoms with van der Waals surface area (Å²) < 4.78 is 28.3. The van der Waals surface area contributed by atoms with Gasteiger partial charge in [-0.15, -0.1) is 0 Å². The maximum absolute atomic E-state index is 11.2. The maximum atomic E-state index is 11.2. The van der Waals surface area contributed by atoms with E-state index in [1.54, 1.807) is 0 Å². The number of para-hydroxylation sites is 1. The molecule has 1 aromatic carbocycles. The fourth-order valence-corrected chi connectivity index (χ4v) is 2.72. The Morgan fingerprint density at radius 1 is 1.18 bits per heavy atom. The highest BCUT2D eigenvalue weighted by Crippen LogP contribution is 2.21. The van der Waals surface area contributed by atoms with Crippen LogP contribution in [0.1, 0.15) is 6.42 Å². The van der Waals surface area contributed by atoms with Crippen molar-refractivity contribution in [3.63, 3.8) is 0 Å². The topological polar surface area (TPSA) is 98.4 Å². The quantitative estimate of drug-likeness (QED) is 0.894. The molecule has 3 rings (SSSR count). The van der Waals surface area contributed by atoms with Gasteiger partial charge in [-0.05, 0) is 12.1 Å². The zero-order valence-electron chi connectivity index (χ0n) is 11.8. The van der Waals surface area contributed by atoms with Crippen LogP contribution < -0.4 is 14.8 Å². The van der Waals surface area contributed by atoms with Gasteiger partial charge < -0.3 is 9.64 Å². The number of anilines is 1. The molecule has 0 aliphatic carbocycles. The number of ether oxygens (including phenoxy) is 1. The lowest BCUT2D eigenvalue weighted by molar-refractivity contribution is 0.225. The second-order valence-corrected chi connectivity index (χ2v) is 6.61. The highest BCUT2D eigenvalue weighted by Gasteiger charge is 2.26. The third kappa shape index (κ3) is 3.34. The molecule has 1 aliphatic rings. The predicted octanol–water partition coefficient (Wildman–Crippen LogP) is 0.782.